The van der Waals surface area contributed by atoms with E-state index < -0.39 is 6.10 Å². The van der Waals surface area contributed by atoms with Gasteiger partial charge in [0.25, 0.3) is 0 Å². The standard InChI is InChI=1S/C17H22N4O4/c1-2-16-18-19-17-9-20(5-6-21(16)17)8-12(22)10-23-13-3-4-14-15(7-13)25-11-24-14/h3-4,7,12,22H,2,5-6,8-11H2,1H3/t12-/m0/s1. The van der Waals surface area contributed by atoms with Crippen molar-refractivity contribution in [2.45, 2.75) is 32.5 Å². The number of hydrogen-bond donors (Lipinski definition) is 1. The lowest BCUT2D eigenvalue weighted by Crippen LogP contribution is -2.40. The third kappa shape index (κ3) is 3.40. The van der Waals surface area contributed by atoms with Gasteiger partial charge in [0.15, 0.2) is 11.5 Å². The Hall–Kier alpha value is -2.32. The molecule has 0 saturated heterocycles. The smallest absolute Gasteiger partial charge is 0.231 e. The van der Waals surface area contributed by atoms with E-state index in [1.165, 1.54) is 0 Å². The summed E-state index contributed by atoms with van der Waals surface area (Å²) in [6.07, 6.45) is 0.310. The molecule has 0 aliphatic carbocycles. The molecule has 0 radical (unpaired) electrons. The first kappa shape index (κ1) is 16.2. The molecule has 1 aromatic carbocycles. The third-order valence-electron chi connectivity index (χ3n) is 4.48. The van der Waals surface area contributed by atoms with Crippen molar-refractivity contribution < 1.29 is 19.3 Å². The zero-order chi connectivity index (χ0) is 17.2. The first-order chi connectivity index (χ1) is 12.2. The lowest BCUT2D eigenvalue weighted by Gasteiger charge is -2.29. The normalized spacial score (nSPS) is 17.4. The molecular weight excluding hydrogens is 324 g/mol. The second-order valence-corrected chi connectivity index (χ2v) is 6.25. The summed E-state index contributed by atoms with van der Waals surface area (Å²) < 4.78 is 18.4. The van der Waals surface area contributed by atoms with Crippen molar-refractivity contribution >= 4 is 0 Å². The Morgan fingerprint density at radius 2 is 2.12 bits per heavy atom. The highest BCUT2D eigenvalue weighted by Gasteiger charge is 2.22. The molecule has 8 nitrogen and oxygen atoms in total. The summed E-state index contributed by atoms with van der Waals surface area (Å²) in [4.78, 5) is 2.18. The lowest BCUT2D eigenvalue weighted by molar-refractivity contribution is 0.0581. The maximum atomic E-state index is 10.3. The zero-order valence-electron chi connectivity index (χ0n) is 14.2. The van der Waals surface area contributed by atoms with Crippen molar-refractivity contribution in [1.29, 1.82) is 0 Å². The predicted octanol–water partition coefficient (Wildman–Crippen LogP) is 0.825. The van der Waals surface area contributed by atoms with Crippen LogP contribution in [0.2, 0.25) is 0 Å². The summed E-state index contributed by atoms with van der Waals surface area (Å²) in [6, 6.07) is 5.41. The van der Waals surface area contributed by atoms with E-state index in [2.05, 4.69) is 26.6 Å². The van der Waals surface area contributed by atoms with Crippen molar-refractivity contribution in [3.8, 4) is 17.2 Å². The number of ether oxygens (including phenoxy) is 3. The molecule has 0 spiro atoms. The minimum atomic E-state index is -0.578. The Morgan fingerprint density at radius 3 is 3.00 bits per heavy atom. The summed E-state index contributed by atoms with van der Waals surface area (Å²) in [5.74, 6) is 4.05. The molecule has 0 unspecified atom stereocenters. The number of rotatable bonds is 6. The maximum absolute atomic E-state index is 10.3. The van der Waals surface area contributed by atoms with Gasteiger partial charge in [-0.2, -0.15) is 0 Å². The average Bonchev–Trinajstić information content (AvgIpc) is 3.25. The maximum Gasteiger partial charge on any atom is 0.231 e. The van der Waals surface area contributed by atoms with Crippen LogP contribution in [0.15, 0.2) is 18.2 Å². The summed E-state index contributed by atoms with van der Waals surface area (Å²) in [5.41, 5.74) is 0. The van der Waals surface area contributed by atoms with Gasteiger partial charge >= 0.3 is 0 Å². The van der Waals surface area contributed by atoms with Gasteiger partial charge in [-0.25, -0.2) is 0 Å². The van der Waals surface area contributed by atoms with E-state index in [1.54, 1.807) is 6.07 Å². The van der Waals surface area contributed by atoms with Gasteiger partial charge in [0.2, 0.25) is 6.79 Å². The van der Waals surface area contributed by atoms with Crippen LogP contribution >= 0.6 is 0 Å². The fourth-order valence-electron chi connectivity index (χ4n) is 3.20. The minimum absolute atomic E-state index is 0.225. The van der Waals surface area contributed by atoms with E-state index in [4.69, 9.17) is 14.2 Å². The van der Waals surface area contributed by atoms with Crippen LogP contribution in [0.25, 0.3) is 0 Å². The van der Waals surface area contributed by atoms with E-state index in [1.807, 2.05) is 12.1 Å². The van der Waals surface area contributed by atoms with Gasteiger partial charge in [-0.1, -0.05) is 6.92 Å². The molecular formula is C17H22N4O4. The number of aliphatic hydroxyl groups is 1. The molecule has 8 heteroatoms. The van der Waals surface area contributed by atoms with Gasteiger partial charge in [-0.15, -0.1) is 10.2 Å². The Kier molecular flexibility index (Phi) is 4.46. The SMILES string of the molecule is CCc1nnc2n1CCN(C[C@H](O)COc1ccc3c(c1)OCO3)C2. The van der Waals surface area contributed by atoms with Crippen LogP contribution in [0.1, 0.15) is 18.6 Å². The van der Waals surface area contributed by atoms with Crippen molar-refractivity contribution in [2.75, 3.05) is 26.5 Å². The number of aromatic nitrogens is 3. The highest BCUT2D eigenvalue weighted by molar-refractivity contribution is 5.46. The molecule has 0 fully saturated rings. The van der Waals surface area contributed by atoms with Gasteiger partial charge < -0.3 is 23.9 Å². The molecule has 1 N–H and O–H groups in total. The molecule has 2 aliphatic rings. The van der Waals surface area contributed by atoms with Crippen LogP contribution < -0.4 is 14.2 Å². The fourth-order valence-corrected chi connectivity index (χ4v) is 3.20. The molecule has 3 heterocycles. The van der Waals surface area contributed by atoms with Gasteiger partial charge in [-0.05, 0) is 12.1 Å². The molecule has 1 aromatic heterocycles. The van der Waals surface area contributed by atoms with E-state index in [-0.39, 0.29) is 13.4 Å². The molecule has 134 valence electrons. The zero-order valence-corrected chi connectivity index (χ0v) is 14.2. The number of aryl methyl sites for hydroxylation is 1. The largest absolute Gasteiger partial charge is 0.491 e. The molecule has 1 atom stereocenters. The lowest BCUT2D eigenvalue weighted by atomic mass is 10.2. The number of β-amino-alcohol motifs (C(OH)–C–C–N with tert-alkyl or cyclic N) is 1. The quantitative estimate of drug-likeness (QED) is 0.829. The monoisotopic (exact) mass is 346 g/mol. The number of aliphatic hydroxyl groups excluding tert-OH is 1. The van der Waals surface area contributed by atoms with Gasteiger partial charge in [0.05, 0.1) is 6.54 Å². The van der Waals surface area contributed by atoms with E-state index in [9.17, 15) is 5.11 Å². The second kappa shape index (κ2) is 6.89. The number of hydrogen-bond acceptors (Lipinski definition) is 7. The average molecular weight is 346 g/mol. The summed E-state index contributed by atoms with van der Waals surface area (Å²) in [5, 5.41) is 18.7. The van der Waals surface area contributed by atoms with Crippen LogP contribution in [0.4, 0.5) is 0 Å². The Bertz CT molecular complexity index is 748. The van der Waals surface area contributed by atoms with Crippen LogP contribution in [-0.2, 0) is 19.5 Å². The number of fused-ring (bicyclic) bond motifs is 2. The molecule has 4 rings (SSSR count). The third-order valence-corrected chi connectivity index (χ3v) is 4.48. The Morgan fingerprint density at radius 1 is 1.24 bits per heavy atom. The van der Waals surface area contributed by atoms with Crippen molar-refractivity contribution in [1.82, 2.24) is 19.7 Å². The topological polar surface area (TPSA) is 81.9 Å². The number of nitrogens with zero attached hydrogens (tertiary/aromatic N) is 4. The molecule has 0 amide bonds. The molecule has 0 bridgehead atoms. The second-order valence-electron chi connectivity index (χ2n) is 6.25. The molecule has 2 aromatic rings. The molecule has 2 aliphatic heterocycles. The predicted molar refractivity (Wildman–Crippen MR) is 88.7 cm³/mol. The van der Waals surface area contributed by atoms with Crippen LogP contribution in [0.3, 0.4) is 0 Å². The van der Waals surface area contributed by atoms with Crippen LogP contribution in [0, 0.1) is 0 Å². The molecule has 0 saturated carbocycles. The Labute approximate surface area is 145 Å². The van der Waals surface area contributed by atoms with Gasteiger partial charge in [0.1, 0.15) is 30.1 Å². The van der Waals surface area contributed by atoms with E-state index in [0.717, 1.165) is 36.9 Å². The summed E-state index contributed by atoms with van der Waals surface area (Å²) in [6.45, 7) is 5.53. The first-order valence-corrected chi connectivity index (χ1v) is 8.56. The van der Waals surface area contributed by atoms with Gasteiger partial charge in [-0.3, -0.25) is 4.90 Å². The fraction of sp³-hybridized carbons (Fsp3) is 0.529. The highest BCUT2D eigenvalue weighted by atomic mass is 16.7. The van der Waals surface area contributed by atoms with Gasteiger partial charge in [0, 0.05) is 32.1 Å². The van der Waals surface area contributed by atoms with Crippen molar-refractivity contribution in [2.24, 2.45) is 0 Å². The van der Waals surface area contributed by atoms with Crippen molar-refractivity contribution in [3.63, 3.8) is 0 Å². The summed E-state index contributed by atoms with van der Waals surface area (Å²) >= 11 is 0. The van der Waals surface area contributed by atoms with E-state index in [0.29, 0.717) is 24.6 Å². The van der Waals surface area contributed by atoms with Crippen molar-refractivity contribution in [3.05, 3.63) is 29.8 Å². The minimum Gasteiger partial charge on any atom is -0.491 e. The van der Waals surface area contributed by atoms with Crippen LogP contribution in [-0.4, -0.2) is 57.4 Å². The van der Waals surface area contributed by atoms with Crippen LogP contribution in [0.5, 0.6) is 17.2 Å². The van der Waals surface area contributed by atoms with E-state index >= 15 is 0 Å². The molecule has 25 heavy (non-hydrogen) atoms. The first-order valence-electron chi connectivity index (χ1n) is 8.56. The Balaban J connectivity index is 1.28. The number of benzene rings is 1. The summed E-state index contributed by atoms with van der Waals surface area (Å²) in [7, 11) is 0. The highest BCUT2D eigenvalue weighted by Crippen LogP contribution is 2.35.